The molecular formula is C14H28O. The van der Waals surface area contributed by atoms with Crippen LogP contribution in [0.3, 0.4) is 0 Å². The van der Waals surface area contributed by atoms with Gasteiger partial charge >= 0.3 is 0 Å². The molecule has 1 nitrogen and oxygen atoms in total. The molecule has 1 fully saturated rings. The molecule has 0 aromatic heterocycles. The van der Waals surface area contributed by atoms with Crippen LogP contribution in [0.15, 0.2) is 0 Å². The molecule has 1 saturated carbocycles. The number of aliphatic hydroxyl groups excluding tert-OH is 1. The van der Waals surface area contributed by atoms with Crippen LogP contribution < -0.4 is 0 Å². The average molecular weight is 212 g/mol. The van der Waals surface area contributed by atoms with E-state index in [-0.39, 0.29) is 0 Å². The highest BCUT2D eigenvalue weighted by Crippen LogP contribution is 2.42. The van der Waals surface area contributed by atoms with E-state index in [2.05, 4.69) is 27.7 Å². The molecule has 0 bridgehead atoms. The van der Waals surface area contributed by atoms with Crippen LogP contribution in [0, 0.1) is 23.2 Å². The molecule has 1 rings (SSSR count). The summed E-state index contributed by atoms with van der Waals surface area (Å²) in [7, 11) is 0. The highest BCUT2D eigenvalue weighted by atomic mass is 16.3. The molecule has 1 aliphatic rings. The number of aliphatic hydroxyl groups is 1. The molecular weight excluding hydrogens is 184 g/mol. The zero-order valence-corrected chi connectivity index (χ0v) is 10.9. The molecule has 0 radical (unpaired) electrons. The monoisotopic (exact) mass is 212 g/mol. The molecule has 3 atom stereocenters. The Kier molecular flexibility index (Phi) is 4.64. The van der Waals surface area contributed by atoms with E-state index in [9.17, 15) is 0 Å². The van der Waals surface area contributed by atoms with Gasteiger partial charge in [0.15, 0.2) is 0 Å². The fourth-order valence-corrected chi connectivity index (χ4v) is 2.97. The second-order valence-electron chi connectivity index (χ2n) is 6.48. The predicted octanol–water partition coefficient (Wildman–Crippen LogP) is 3.86. The molecule has 0 saturated heterocycles. The SMILES string of the molecule is CC(CCO)C1CCCC(C(C)(C)C)C1. The second-order valence-corrected chi connectivity index (χ2v) is 6.48. The highest BCUT2D eigenvalue weighted by Gasteiger charge is 2.32. The van der Waals surface area contributed by atoms with Crippen LogP contribution in [0.4, 0.5) is 0 Å². The lowest BCUT2D eigenvalue weighted by molar-refractivity contribution is 0.105. The topological polar surface area (TPSA) is 20.2 Å². The minimum Gasteiger partial charge on any atom is -0.396 e. The van der Waals surface area contributed by atoms with Gasteiger partial charge in [0.25, 0.3) is 0 Å². The number of rotatable bonds is 3. The summed E-state index contributed by atoms with van der Waals surface area (Å²) < 4.78 is 0. The molecule has 0 aromatic carbocycles. The molecule has 1 N–H and O–H groups in total. The molecule has 0 aromatic rings. The summed E-state index contributed by atoms with van der Waals surface area (Å²) in [4.78, 5) is 0. The van der Waals surface area contributed by atoms with E-state index in [0.29, 0.717) is 17.9 Å². The lowest BCUT2D eigenvalue weighted by Crippen LogP contribution is -2.29. The third-order valence-electron chi connectivity index (χ3n) is 4.33. The molecule has 1 heteroatoms. The molecule has 0 aliphatic heterocycles. The summed E-state index contributed by atoms with van der Waals surface area (Å²) >= 11 is 0. The molecule has 1 aliphatic carbocycles. The average Bonchev–Trinajstić information content (AvgIpc) is 2.17. The Balaban J connectivity index is 2.48. The van der Waals surface area contributed by atoms with E-state index in [4.69, 9.17) is 5.11 Å². The minimum absolute atomic E-state index is 0.359. The van der Waals surface area contributed by atoms with Gasteiger partial charge in [0.2, 0.25) is 0 Å². The molecule has 0 heterocycles. The molecule has 90 valence electrons. The van der Waals surface area contributed by atoms with E-state index in [0.717, 1.165) is 18.3 Å². The Morgan fingerprint density at radius 2 is 1.93 bits per heavy atom. The molecule has 0 amide bonds. The Hall–Kier alpha value is -0.0400. The maximum absolute atomic E-state index is 8.99. The summed E-state index contributed by atoms with van der Waals surface area (Å²) in [5.74, 6) is 2.45. The van der Waals surface area contributed by atoms with E-state index in [1.807, 2.05) is 0 Å². The summed E-state index contributed by atoms with van der Waals surface area (Å²) in [5, 5.41) is 8.99. The molecule has 3 unspecified atom stereocenters. The fraction of sp³-hybridized carbons (Fsp3) is 1.00. The van der Waals surface area contributed by atoms with Crippen molar-refractivity contribution >= 4 is 0 Å². The van der Waals surface area contributed by atoms with Gasteiger partial charge in [0, 0.05) is 6.61 Å². The van der Waals surface area contributed by atoms with Gasteiger partial charge in [-0.15, -0.1) is 0 Å². The summed E-state index contributed by atoms with van der Waals surface area (Å²) in [6.07, 6.45) is 6.55. The Labute approximate surface area is 95.3 Å². The Bertz CT molecular complexity index is 180. The normalized spacial score (nSPS) is 30.2. The Morgan fingerprint density at radius 1 is 1.27 bits per heavy atom. The first kappa shape index (κ1) is 13.0. The van der Waals surface area contributed by atoms with E-state index in [1.165, 1.54) is 25.7 Å². The van der Waals surface area contributed by atoms with Crippen molar-refractivity contribution in [3.8, 4) is 0 Å². The van der Waals surface area contributed by atoms with Crippen molar-refractivity contribution in [2.24, 2.45) is 23.2 Å². The lowest BCUT2D eigenvalue weighted by atomic mass is 9.66. The van der Waals surface area contributed by atoms with Crippen molar-refractivity contribution < 1.29 is 5.11 Å². The third kappa shape index (κ3) is 3.79. The van der Waals surface area contributed by atoms with Crippen molar-refractivity contribution in [1.29, 1.82) is 0 Å². The van der Waals surface area contributed by atoms with Crippen LogP contribution >= 0.6 is 0 Å². The third-order valence-corrected chi connectivity index (χ3v) is 4.33. The summed E-state index contributed by atoms with van der Waals surface area (Å²) in [6.45, 7) is 9.79. The zero-order valence-electron chi connectivity index (χ0n) is 10.9. The smallest absolute Gasteiger partial charge is 0.0433 e. The molecule has 15 heavy (non-hydrogen) atoms. The van der Waals surface area contributed by atoms with Gasteiger partial charge in [-0.1, -0.05) is 40.5 Å². The van der Waals surface area contributed by atoms with Gasteiger partial charge < -0.3 is 5.11 Å². The predicted molar refractivity (Wildman–Crippen MR) is 65.8 cm³/mol. The van der Waals surface area contributed by atoms with Gasteiger partial charge in [-0.2, -0.15) is 0 Å². The number of hydrogen-bond donors (Lipinski definition) is 1. The highest BCUT2D eigenvalue weighted by molar-refractivity contribution is 4.83. The first-order valence-corrected chi connectivity index (χ1v) is 6.56. The van der Waals surface area contributed by atoms with Gasteiger partial charge in [-0.25, -0.2) is 0 Å². The van der Waals surface area contributed by atoms with E-state index < -0.39 is 0 Å². The van der Waals surface area contributed by atoms with Crippen LogP contribution in [0.25, 0.3) is 0 Å². The van der Waals surface area contributed by atoms with Crippen LogP contribution in [0.1, 0.15) is 59.8 Å². The maximum Gasteiger partial charge on any atom is 0.0433 e. The minimum atomic E-state index is 0.359. The standard InChI is InChI=1S/C14H28O/c1-11(8-9-15)12-6-5-7-13(10-12)14(2,3)4/h11-13,15H,5-10H2,1-4H3. The van der Waals surface area contributed by atoms with E-state index >= 15 is 0 Å². The van der Waals surface area contributed by atoms with E-state index in [1.54, 1.807) is 0 Å². The number of hydrogen-bond acceptors (Lipinski definition) is 1. The quantitative estimate of drug-likeness (QED) is 0.753. The van der Waals surface area contributed by atoms with Crippen molar-refractivity contribution in [3.63, 3.8) is 0 Å². The fourth-order valence-electron chi connectivity index (χ4n) is 2.97. The van der Waals surface area contributed by atoms with Gasteiger partial charge in [-0.05, 0) is 42.4 Å². The summed E-state index contributed by atoms with van der Waals surface area (Å²) in [5.41, 5.74) is 0.470. The van der Waals surface area contributed by atoms with Crippen molar-refractivity contribution in [2.45, 2.75) is 59.8 Å². The van der Waals surface area contributed by atoms with Crippen LogP contribution in [-0.2, 0) is 0 Å². The Morgan fingerprint density at radius 3 is 2.47 bits per heavy atom. The largest absolute Gasteiger partial charge is 0.396 e. The summed E-state index contributed by atoms with van der Waals surface area (Å²) in [6, 6.07) is 0. The van der Waals surface area contributed by atoms with Crippen molar-refractivity contribution in [2.75, 3.05) is 6.61 Å². The van der Waals surface area contributed by atoms with Crippen molar-refractivity contribution in [3.05, 3.63) is 0 Å². The first-order chi connectivity index (χ1) is 6.95. The van der Waals surface area contributed by atoms with Crippen molar-refractivity contribution in [1.82, 2.24) is 0 Å². The first-order valence-electron chi connectivity index (χ1n) is 6.56. The van der Waals surface area contributed by atoms with Gasteiger partial charge in [0.05, 0.1) is 0 Å². The van der Waals surface area contributed by atoms with Gasteiger partial charge in [-0.3, -0.25) is 0 Å². The lowest BCUT2D eigenvalue weighted by Gasteiger charge is -2.39. The van der Waals surface area contributed by atoms with Crippen LogP contribution in [0.5, 0.6) is 0 Å². The molecule has 0 spiro atoms. The van der Waals surface area contributed by atoms with Crippen LogP contribution in [-0.4, -0.2) is 11.7 Å². The maximum atomic E-state index is 8.99. The zero-order chi connectivity index (χ0) is 11.5. The van der Waals surface area contributed by atoms with Crippen LogP contribution in [0.2, 0.25) is 0 Å². The second kappa shape index (κ2) is 5.34. The van der Waals surface area contributed by atoms with Gasteiger partial charge in [0.1, 0.15) is 0 Å².